The summed E-state index contributed by atoms with van der Waals surface area (Å²) in [4.78, 5) is 46.6. The molecule has 0 spiro atoms. The second-order valence-electron chi connectivity index (χ2n) is 16.9. The van der Waals surface area contributed by atoms with Gasteiger partial charge in [0, 0.05) is 99.0 Å². The second kappa shape index (κ2) is 18.2. The fraction of sp³-hybridized carbons (Fsp3) is 0.360. The summed E-state index contributed by atoms with van der Waals surface area (Å²) >= 11 is 0. The lowest BCUT2D eigenvalue weighted by Gasteiger charge is -2.38. The minimum absolute atomic E-state index is 0.0971. The minimum atomic E-state index is 0.0971. The van der Waals surface area contributed by atoms with E-state index in [0.29, 0.717) is 50.6 Å². The zero-order valence-corrected chi connectivity index (χ0v) is 35.8. The lowest BCUT2D eigenvalue weighted by molar-refractivity contribution is -0.133. The fourth-order valence-electron chi connectivity index (χ4n) is 9.17. The summed E-state index contributed by atoms with van der Waals surface area (Å²) in [7, 11) is 0. The molecule has 12 heteroatoms. The number of rotatable bonds is 10. The SMILES string of the molecule is CCc1ccc(CC(=O)N2CCN(c3ccc(-c4cc(-c5ccc(N6CCN(C(=O)CN7CCC(c8ccc(C)cc8)CC7)CC6)cc5)cn5ncc(C#N)c45)cn3)CC2)nc1. The Kier molecular flexibility index (Phi) is 12.0. The van der Waals surface area contributed by atoms with E-state index in [2.05, 4.69) is 105 Å². The number of nitrogens with zero attached hydrogens (tertiary/aromatic N) is 10. The van der Waals surface area contributed by atoms with Gasteiger partial charge in [0.15, 0.2) is 0 Å². The van der Waals surface area contributed by atoms with Gasteiger partial charge in [0.2, 0.25) is 11.8 Å². The summed E-state index contributed by atoms with van der Waals surface area (Å²) in [6, 6.07) is 30.0. The van der Waals surface area contributed by atoms with Crippen molar-refractivity contribution in [1.29, 1.82) is 5.26 Å². The van der Waals surface area contributed by atoms with Gasteiger partial charge >= 0.3 is 0 Å². The number of pyridine rings is 3. The van der Waals surface area contributed by atoms with Crippen molar-refractivity contribution in [3.05, 3.63) is 132 Å². The Labute approximate surface area is 364 Å². The number of piperidine rings is 1. The van der Waals surface area contributed by atoms with Gasteiger partial charge in [-0.05, 0) is 98.3 Å². The molecule has 3 aliphatic heterocycles. The highest BCUT2D eigenvalue weighted by Gasteiger charge is 2.27. The summed E-state index contributed by atoms with van der Waals surface area (Å²) in [6.07, 6.45) is 10.7. The van der Waals surface area contributed by atoms with Gasteiger partial charge in [-0.3, -0.25) is 19.5 Å². The van der Waals surface area contributed by atoms with E-state index in [1.807, 2.05) is 46.6 Å². The van der Waals surface area contributed by atoms with Crippen LogP contribution in [-0.2, 0) is 22.4 Å². The number of anilines is 2. The Morgan fingerprint density at radius 3 is 2.05 bits per heavy atom. The molecule has 316 valence electrons. The number of hydrogen-bond acceptors (Lipinski definition) is 9. The number of aromatic nitrogens is 4. The van der Waals surface area contributed by atoms with Crippen LogP contribution >= 0.6 is 0 Å². The summed E-state index contributed by atoms with van der Waals surface area (Å²) < 4.78 is 1.79. The molecular weight excluding hydrogens is 773 g/mol. The highest BCUT2D eigenvalue weighted by Crippen LogP contribution is 2.34. The Balaban J connectivity index is 0.808. The molecule has 4 aromatic heterocycles. The zero-order chi connectivity index (χ0) is 42.6. The summed E-state index contributed by atoms with van der Waals surface area (Å²) in [6.45, 7) is 12.3. The number of aryl methyl sites for hydroxylation is 2. The van der Waals surface area contributed by atoms with Gasteiger partial charge in [0.05, 0.1) is 30.2 Å². The molecule has 3 aliphatic rings. The molecule has 12 nitrogen and oxygen atoms in total. The first kappa shape index (κ1) is 40.8. The molecule has 9 rings (SSSR count). The van der Waals surface area contributed by atoms with E-state index in [1.54, 1.807) is 10.7 Å². The van der Waals surface area contributed by atoms with E-state index in [4.69, 9.17) is 4.98 Å². The molecule has 0 unspecified atom stereocenters. The van der Waals surface area contributed by atoms with E-state index in [9.17, 15) is 14.9 Å². The Morgan fingerprint density at radius 1 is 0.710 bits per heavy atom. The summed E-state index contributed by atoms with van der Waals surface area (Å²) in [5, 5.41) is 14.6. The standard InChI is InChI=1S/C50H54N10O2/c1-3-37-6-12-44(52-31-37)29-48(61)58-26-22-57(23-27-58)47-15-11-41(32-53-47)46-28-42(34-60-50(46)43(30-51)33-54-60)39-9-13-45(14-10-39)56-20-24-59(25-21-56)49(62)35-55-18-16-40(17-19-55)38-7-4-36(2)5-8-38/h4-15,28,31-34,40H,3,16-27,29,35H2,1-2H3. The first-order chi connectivity index (χ1) is 30.3. The fourth-order valence-corrected chi connectivity index (χ4v) is 9.17. The number of carbonyl (C=O) groups excluding carboxylic acids is 2. The molecule has 0 atom stereocenters. The van der Waals surface area contributed by atoms with Crippen molar-refractivity contribution in [3.63, 3.8) is 0 Å². The third-order valence-corrected chi connectivity index (χ3v) is 13.1. The maximum atomic E-state index is 13.3. The monoisotopic (exact) mass is 826 g/mol. The zero-order valence-electron chi connectivity index (χ0n) is 35.8. The topological polar surface area (TPSA) is 117 Å². The molecule has 3 saturated heterocycles. The largest absolute Gasteiger partial charge is 0.368 e. The Hall–Kier alpha value is -6.58. The Bertz CT molecular complexity index is 2540. The van der Waals surface area contributed by atoms with E-state index < -0.39 is 0 Å². The molecule has 2 aromatic carbocycles. The smallest absolute Gasteiger partial charge is 0.236 e. The number of benzene rings is 2. The molecule has 3 fully saturated rings. The Morgan fingerprint density at radius 2 is 1.40 bits per heavy atom. The van der Waals surface area contributed by atoms with Gasteiger partial charge in [0.25, 0.3) is 0 Å². The molecular formula is C50H54N10O2. The average molecular weight is 827 g/mol. The molecule has 0 radical (unpaired) electrons. The number of amides is 2. The van der Waals surface area contributed by atoms with Gasteiger partial charge in [0.1, 0.15) is 11.9 Å². The third kappa shape index (κ3) is 8.90. The van der Waals surface area contributed by atoms with Crippen molar-refractivity contribution in [2.75, 3.05) is 81.8 Å². The number of piperazine rings is 2. The number of fused-ring (bicyclic) bond motifs is 1. The normalized spacial score (nSPS) is 16.5. The maximum absolute atomic E-state index is 13.3. The molecule has 0 aliphatic carbocycles. The van der Waals surface area contributed by atoms with E-state index in [0.717, 1.165) is 104 Å². The average Bonchev–Trinajstić information content (AvgIpc) is 3.75. The highest BCUT2D eigenvalue weighted by atomic mass is 16.2. The van der Waals surface area contributed by atoms with E-state index in [-0.39, 0.29) is 11.8 Å². The number of likely N-dealkylation sites (tertiary alicyclic amines) is 1. The van der Waals surface area contributed by atoms with Crippen molar-refractivity contribution in [2.45, 2.75) is 45.4 Å². The van der Waals surface area contributed by atoms with Crippen molar-refractivity contribution >= 4 is 28.8 Å². The first-order valence-electron chi connectivity index (χ1n) is 22.1. The van der Waals surface area contributed by atoms with Gasteiger partial charge in [-0.2, -0.15) is 10.4 Å². The van der Waals surface area contributed by atoms with Gasteiger partial charge < -0.3 is 19.6 Å². The van der Waals surface area contributed by atoms with Crippen LogP contribution in [-0.4, -0.2) is 118 Å². The van der Waals surface area contributed by atoms with Crippen LogP contribution in [0.4, 0.5) is 11.5 Å². The summed E-state index contributed by atoms with van der Waals surface area (Å²) in [5.41, 5.74) is 10.9. The highest BCUT2D eigenvalue weighted by molar-refractivity contribution is 5.88. The lowest BCUT2D eigenvalue weighted by atomic mass is 9.89. The van der Waals surface area contributed by atoms with Crippen LogP contribution in [0.5, 0.6) is 0 Å². The lowest BCUT2D eigenvalue weighted by Crippen LogP contribution is -2.51. The van der Waals surface area contributed by atoms with Crippen LogP contribution in [0.25, 0.3) is 27.8 Å². The molecule has 0 bridgehead atoms. The van der Waals surface area contributed by atoms with Crippen molar-refractivity contribution < 1.29 is 9.59 Å². The number of carbonyl (C=O) groups is 2. The van der Waals surface area contributed by atoms with Gasteiger partial charge in [-0.25, -0.2) is 9.50 Å². The van der Waals surface area contributed by atoms with Crippen LogP contribution in [0, 0.1) is 18.3 Å². The summed E-state index contributed by atoms with van der Waals surface area (Å²) in [5.74, 6) is 1.77. The van der Waals surface area contributed by atoms with Crippen molar-refractivity contribution in [2.24, 2.45) is 0 Å². The predicted molar refractivity (Wildman–Crippen MR) is 243 cm³/mol. The van der Waals surface area contributed by atoms with Crippen LogP contribution < -0.4 is 9.80 Å². The molecule has 0 saturated carbocycles. The van der Waals surface area contributed by atoms with Crippen molar-refractivity contribution in [3.8, 4) is 28.3 Å². The van der Waals surface area contributed by atoms with Gasteiger partial charge in [-0.1, -0.05) is 55.0 Å². The second-order valence-corrected chi connectivity index (χ2v) is 16.9. The molecule has 2 amide bonds. The molecule has 62 heavy (non-hydrogen) atoms. The van der Waals surface area contributed by atoms with E-state index in [1.165, 1.54) is 16.7 Å². The number of hydrogen-bond donors (Lipinski definition) is 0. The number of nitriles is 1. The van der Waals surface area contributed by atoms with Crippen LogP contribution in [0.3, 0.4) is 0 Å². The third-order valence-electron chi connectivity index (χ3n) is 13.1. The minimum Gasteiger partial charge on any atom is -0.368 e. The quantitative estimate of drug-likeness (QED) is 0.150. The van der Waals surface area contributed by atoms with Gasteiger partial charge in [-0.15, -0.1) is 0 Å². The molecule has 7 heterocycles. The van der Waals surface area contributed by atoms with E-state index >= 15 is 0 Å². The van der Waals surface area contributed by atoms with Crippen molar-refractivity contribution in [1.82, 2.24) is 34.3 Å². The van der Waals surface area contributed by atoms with Crippen LogP contribution in [0.1, 0.15) is 53.6 Å². The molecule has 0 N–H and O–H groups in total. The first-order valence-corrected chi connectivity index (χ1v) is 22.1. The van der Waals surface area contributed by atoms with Crippen LogP contribution in [0.2, 0.25) is 0 Å². The van der Waals surface area contributed by atoms with Crippen LogP contribution in [0.15, 0.2) is 104 Å². The molecule has 6 aromatic rings. The maximum Gasteiger partial charge on any atom is 0.236 e. The predicted octanol–water partition coefficient (Wildman–Crippen LogP) is 6.62.